The summed E-state index contributed by atoms with van der Waals surface area (Å²) in [6.45, 7) is 2.56. The van der Waals surface area contributed by atoms with Crippen molar-refractivity contribution in [1.82, 2.24) is 4.98 Å². The average molecular weight is 411 g/mol. The fourth-order valence-corrected chi connectivity index (χ4v) is 1.89. The molecule has 0 unspecified atom stereocenters. The van der Waals surface area contributed by atoms with Gasteiger partial charge in [0.25, 0.3) is 0 Å². The zero-order valence-electron chi connectivity index (χ0n) is 13.1. The van der Waals surface area contributed by atoms with E-state index in [2.05, 4.69) is 15.3 Å². The smallest absolute Gasteiger partial charge is 0.193 e. The Morgan fingerprint density at radius 1 is 1.27 bits per heavy atom. The maximum absolute atomic E-state index is 5.91. The number of anilines is 2. The zero-order chi connectivity index (χ0) is 15.2. The highest BCUT2D eigenvalue weighted by Gasteiger charge is 2.00. The third-order valence-corrected chi connectivity index (χ3v) is 2.99. The molecule has 3 N–H and O–H groups in total. The van der Waals surface area contributed by atoms with Crippen molar-refractivity contribution in [2.45, 2.75) is 13.5 Å². The predicted octanol–water partition coefficient (Wildman–Crippen LogP) is 3.00. The molecule has 0 aliphatic heterocycles. The number of nitrogens with two attached hydrogens (primary N) is 1. The van der Waals surface area contributed by atoms with Crippen LogP contribution >= 0.6 is 24.0 Å². The molecule has 118 valence electrons. The summed E-state index contributed by atoms with van der Waals surface area (Å²) in [5, 5.41) is 3.09. The molecule has 0 atom stereocenters. The van der Waals surface area contributed by atoms with Crippen molar-refractivity contribution >= 4 is 41.4 Å². The first-order valence-electron chi connectivity index (χ1n) is 6.80. The highest BCUT2D eigenvalue weighted by molar-refractivity contribution is 14.0. The van der Waals surface area contributed by atoms with Gasteiger partial charge in [-0.05, 0) is 42.3 Å². The molecule has 0 radical (unpaired) electrons. The minimum absolute atomic E-state index is 0. The van der Waals surface area contributed by atoms with Gasteiger partial charge in [-0.2, -0.15) is 0 Å². The standard InChI is InChI=1S/C16H21N5.HI/c1-12-5-4-6-14(9-12)20-16(17)19-11-13-7-8-18-15(10-13)21(2)3;/h4-10H,11H2,1-3H3,(H3,17,19,20);1H. The number of pyridine rings is 1. The summed E-state index contributed by atoms with van der Waals surface area (Å²) in [5.74, 6) is 1.32. The summed E-state index contributed by atoms with van der Waals surface area (Å²) < 4.78 is 0. The fourth-order valence-electron chi connectivity index (χ4n) is 1.89. The normalized spacial score (nSPS) is 10.8. The fraction of sp³-hybridized carbons (Fsp3) is 0.250. The topological polar surface area (TPSA) is 66.5 Å². The van der Waals surface area contributed by atoms with Gasteiger partial charge in [0.1, 0.15) is 5.82 Å². The number of aromatic nitrogens is 1. The Morgan fingerprint density at radius 2 is 2.05 bits per heavy atom. The third-order valence-electron chi connectivity index (χ3n) is 2.99. The lowest BCUT2D eigenvalue weighted by Crippen LogP contribution is -2.22. The lowest BCUT2D eigenvalue weighted by molar-refractivity contribution is 1.02. The molecule has 0 fully saturated rings. The molecular weight excluding hydrogens is 389 g/mol. The summed E-state index contributed by atoms with van der Waals surface area (Å²) in [4.78, 5) is 10.6. The Bertz CT molecular complexity index is 640. The zero-order valence-corrected chi connectivity index (χ0v) is 15.4. The number of aliphatic imine (C=N–C) groups is 1. The van der Waals surface area contributed by atoms with E-state index >= 15 is 0 Å². The van der Waals surface area contributed by atoms with Gasteiger partial charge in [-0.15, -0.1) is 24.0 Å². The van der Waals surface area contributed by atoms with Crippen molar-refractivity contribution in [3.8, 4) is 0 Å². The van der Waals surface area contributed by atoms with Gasteiger partial charge in [-0.1, -0.05) is 12.1 Å². The van der Waals surface area contributed by atoms with Crippen molar-refractivity contribution in [2.24, 2.45) is 10.7 Å². The molecule has 1 aromatic heterocycles. The number of nitrogens with one attached hydrogen (secondary N) is 1. The Balaban J connectivity index is 0.00000242. The summed E-state index contributed by atoms with van der Waals surface area (Å²) in [5.41, 5.74) is 9.11. The van der Waals surface area contributed by atoms with Gasteiger partial charge in [0.05, 0.1) is 6.54 Å². The largest absolute Gasteiger partial charge is 0.370 e. The molecule has 0 amide bonds. The molecule has 0 saturated carbocycles. The minimum atomic E-state index is 0. The maximum atomic E-state index is 5.91. The van der Waals surface area contributed by atoms with E-state index in [4.69, 9.17) is 5.73 Å². The van der Waals surface area contributed by atoms with E-state index in [0.717, 1.165) is 17.1 Å². The van der Waals surface area contributed by atoms with Crippen LogP contribution in [0.15, 0.2) is 47.6 Å². The number of aryl methyl sites for hydroxylation is 1. The van der Waals surface area contributed by atoms with Crippen molar-refractivity contribution < 1.29 is 0 Å². The molecule has 0 bridgehead atoms. The quantitative estimate of drug-likeness (QED) is 0.461. The van der Waals surface area contributed by atoms with E-state index < -0.39 is 0 Å². The van der Waals surface area contributed by atoms with Crippen LogP contribution in [-0.2, 0) is 6.54 Å². The molecule has 1 aromatic carbocycles. The summed E-state index contributed by atoms with van der Waals surface area (Å²) in [6, 6.07) is 12.0. The second-order valence-corrected chi connectivity index (χ2v) is 5.11. The third kappa shape index (κ3) is 5.51. The summed E-state index contributed by atoms with van der Waals surface area (Å²) in [7, 11) is 3.92. The van der Waals surface area contributed by atoms with E-state index in [0.29, 0.717) is 12.5 Å². The van der Waals surface area contributed by atoms with Crippen LogP contribution in [-0.4, -0.2) is 25.0 Å². The molecule has 0 aliphatic carbocycles. The summed E-state index contributed by atoms with van der Waals surface area (Å²) >= 11 is 0. The number of rotatable bonds is 4. The van der Waals surface area contributed by atoms with E-state index in [9.17, 15) is 0 Å². The van der Waals surface area contributed by atoms with Crippen molar-refractivity contribution in [2.75, 3.05) is 24.3 Å². The first kappa shape index (κ1) is 18.2. The van der Waals surface area contributed by atoms with Crippen LogP contribution in [0.2, 0.25) is 0 Å². The minimum Gasteiger partial charge on any atom is -0.370 e. The van der Waals surface area contributed by atoms with Gasteiger partial charge in [0, 0.05) is 26.0 Å². The molecule has 2 aromatic rings. The van der Waals surface area contributed by atoms with Crippen LogP contribution < -0.4 is 16.0 Å². The van der Waals surface area contributed by atoms with Gasteiger partial charge in [-0.25, -0.2) is 9.98 Å². The average Bonchev–Trinajstić information content (AvgIpc) is 2.45. The lowest BCUT2D eigenvalue weighted by atomic mass is 10.2. The molecule has 2 rings (SSSR count). The van der Waals surface area contributed by atoms with Gasteiger partial charge in [0.15, 0.2) is 5.96 Å². The molecule has 22 heavy (non-hydrogen) atoms. The molecule has 5 nitrogen and oxygen atoms in total. The molecule has 6 heteroatoms. The molecule has 0 saturated heterocycles. The van der Waals surface area contributed by atoms with E-state index in [1.165, 1.54) is 5.56 Å². The van der Waals surface area contributed by atoms with Gasteiger partial charge in [-0.3, -0.25) is 0 Å². The predicted molar refractivity (Wildman–Crippen MR) is 104 cm³/mol. The maximum Gasteiger partial charge on any atom is 0.193 e. The van der Waals surface area contributed by atoms with Crippen LogP contribution in [0.3, 0.4) is 0 Å². The molecule has 0 aliphatic rings. The highest BCUT2D eigenvalue weighted by atomic mass is 127. The van der Waals surface area contributed by atoms with Gasteiger partial charge < -0.3 is 16.0 Å². The SMILES string of the molecule is Cc1cccc(NC(N)=NCc2ccnc(N(C)C)c2)c1.I. The van der Waals surface area contributed by atoms with Crippen LogP contribution in [0, 0.1) is 6.92 Å². The lowest BCUT2D eigenvalue weighted by Gasteiger charge is -2.11. The first-order valence-corrected chi connectivity index (χ1v) is 6.80. The number of nitrogens with zero attached hydrogens (tertiary/aromatic N) is 3. The van der Waals surface area contributed by atoms with Crippen molar-refractivity contribution in [3.05, 3.63) is 53.7 Å². The number of hydrogen-bond donors (Lipinski definition) is 2. The highest BCUT2D eigenvalue weighted by Crippen LogP contribution is 2.11. The van der Waals surface area contributed by atoms with Gasteiger partial charge in [0.2, 0.25) is 0 Å². The van der Waals surface area contributed by atoms with Crippen LogP contribution in [0.5, 0.6) is 0 Å². The monoisotopic (exact) mass is 411 g/mol. The second kappa shape index (κ2) is 8.57. The number of halogens is 1. The molecule has 1 heterocycles. The van der Waals surface area contributed by atoms with E-state index in [-0.39, 0.29) is 24.0 Å². The molecular formula is C16H22IN5. The first-order chi connectivity index (χ1) is 10.0. The van der Waals surface area contributed by atoms with Crippen LogP contribution in [0.25, 0.3) is 0 Å². The van der Waals surface area contributed by atoms with E-state index in [1.807, 2.05) is 62.3 Å². The van der Waals surface area contributed by atoms with Crippen molar-refractivity contribution in [1.29, 1.82) is 0 Å². The van der Waals surface area contributed by atoms with Crippen LogP contribution in [0.4, 0.5) is 11.5 Å². The Hall–Kier alpha value is -1.83. The van der Waals surface area contributed by atoms with Gasteiger partial charge >= 0.3 is 0 Å². The Kier molecular flexibility index (Phi) is 7.10. The number of benzene rings is 1. The number of guanidine groups is 1. The number of hydrogen-bond acceptors (Lipinski definition) is 3. The Morgan fingerprint density at radius 3 is 2.73 bits per heavy atom. The van der Waals surface area contributed by atoms with Crippen molar-refractivity contribution in [3.63, 3.8) is 0 Å². The van der Waals surface area contributed by atoms with Crippen LogP contribution in [0.1, 0.15) is 11.1 Å². The molecule has 0 spiro atoms. The second-order valence-electron chi connectivity index (χ2n) is 5.11. The Labute approximate surface area is 148 Å². The summed E-state index contributed by atoms with van der Waals surface area (Å²) in [6.07, 6.45) is 1.78. The van der Waals surface area contributed by atoms with E-state index in [1.54, 1.807) is 6.20 Å².